The van der Waals surface area contributed by atoms with E-state index in [0.717, 1.165) is 3.57 Å². The van der Waals surface area contributed by atoms with Gasteiger partial charge in [0.25, 0.3) is 0 Å². The Hall–Kier alpha value is -2.97. The molecule has 0 saturated carbocycles. The van der Waals surface area contributed by atoms with Crippen molar-refractivity contribution in [3.63, 3.8) is 0 Å². The van der Waals surface area contributed by atoms with Gasteiger partial charge >= 0.3 is 0 Å². The Morgan fingerprint density at radius 2 is 1.79 bits per heavy atom. The fraction of sp³-hybridized carbons (Fsp3) is 0.190. The monoisotopic (exact) mass is 581 g/mol. The number of nitrogens with zero attached hydrogens (tertiary/aromatic N) is 4. The van der Waals surface area contributed by atoms with Gasteiger partial charge in [0, 0.05) is 16.2 Å². The summed E-state index contributed by atoms with van der Waals surface area (Å²) >= 11 is 2.12. The fourth-order valence-electron chi connectivity index (χ4n) is 3.03. The Balaban J connectivity index is 1.49. The molecule has 2 heterocycles. The quantitative estimate of drug-likeness (QED) is 0.237. The van der Waals surface area contributed by atoms with E-state index in [1.807, 2.05) is 0 Å². The average Bonchev–Trinajstić information content (AvgIpc) is 3.25. The van der Waals surface area contributed by atoms with E-state index in [1.165, 1.54) is 4.52 Å². The molecular formula is C21H20IN5O5S. The summed E-state index contributed by atoms with van der Waals surface area (Å²) in [5, 5.41) is 12.8. The number of nitrogens with one attached hydrogen (secondary N) is 1. The van der Waals surface area contributed by atoms with Crippen LogP contribution >= 0.6 is 22.6 Å². The van der Waals surface area contributed by atoms with E-state index in [4.69, 9.17) is 14.2 Å². The van der Waals surface area contributed by atoms with Crippen molar-refractivity contribution >= 4 is 38.3 Å². The molecule has 172 valence electrons. The van der Waals surface area contributed by atoms with Crippen LogP contribution in [0.2, 0.25) is 0 Å². The number of sulfonamides is 1. The summed E-state index contributed by atoms with van der Waals surface area (Å²) in [4.78, 5) is 0.198. The van der Waals surface area contributed by atoms with Gasteiger partial charge in [-0.25, -0.2) is 13.1 Å². The van der Waals surface area contributed by atoms with E-state index < -0.39 is 10.0 Å². The van der Waals surface area contributed by atoms with Gasteiger partial charge in [-0.15, -0.1) is 15.3 Å². The van der Waals surface area contributed by atoms with Crippen LogP contribution in [0.5, 0.6) is 17.4 Å². The van der Waals surface area contributed by atoms with Gasteiger partial charge in [0.05, 0.1) is 24.7 Å². The molecule has 1 N–H and O–H groups in total. The Morgan fingerprint density at radius 3 is 2.52 bits per heavy atom. The van der Waals surface area contributed by atoms with Crippen LogP contribution in [0.4, 0.5) is 0 Å². The number of methoxy groups -OCH3 is 2. The highest BCUT2D eigenvalue weighted by Gasteiger charge is 2.17. The van der Waals surface area contributed by atoms with Gasteiger partial charge in [-0.2, -0.15) is 4.52 Å². The van der Waals surface area contributed by atoms with E-state index in [0.29, 0.717) is 34.4 Å². The van der Waals surface area contributed by atoms with E-state index in [2.05, 4.69) is 42.6 Å². The van der Waals surface area contributed by atoms with E-state index >= 15 is 0 Å². The largest absolute Gasteiger partial charge is 0.497 e. The number of hydrogen-bond acceptors (Lipinski definition) is 8. The summed E-state index contributed by atoms with van der Waals surface area (Å²) in [6, 6.07) is 15.3. The van der Waals surface area contributed by atoms with Crippen molar-refractivity contribution in [3.05, 3.63) is 58.2 Å². The van der Waals surface area contributed by atoms with Gasteiger partial charge in [0.2, 0.25) is 15.9 Å². The molecule has 0 amide bonds. The Bertz CT molecular complexity index is 1380. The average molecular weight is 581 g/mol. The predicted molar refractivity (Wildman–Crippen MR) is 129 cm³/mol. The summed E-state index contributed by atoms with van der Waals surface area (Å²) in [5.41, 5.74) is 1.17. The number of hydrogen-bond donors (Lipinski definition) is 1. The molecule has 2 aromatic carbocycles. The van der Waals surface area contributed by atoms with E-state index in [1.54, 1.807) is 68.8 Å². The fourth-order valence-corrected chi connectivity index (χ4v) is 4.41. The zero-order valence-electron chi connectivity index (χ0n) is 17.7. The number of ether oxygens (including phenoxy) is 3. The molecule has 0 aliphatic rings. The molecule has 0 unspecified atom stereocenters. The highest BCUT2D eigenvalue weighted by atomic mass is 127. The first-order valence-electron chi connectivity index (χ1n) is 9.74. The molecule has 0 aliphatic carbocycles. The van der Waals surface area contributed by atoms with Crippen LogP contribution in [0, 0.1) is 3.57 Å². The lowest BCUT2D eigenvalue weighted by Crippen LogP contribution is -2.28. The second-order valence-corrected chi connectivity index (χ2v) is 9.74. The lowest BCUT2D eigenvalue weighted by atomic mass is 10.2. The minimum atomic E-state index is -3.62. The van der Waals surface area contributed by atoms with Crippen molar-refractivity contribution in [1.82, 2.24) is 24.5 Å². The standard InChI is InChI=1S/C21H20IN5O5S/c1-30-15-5-8-18(31-2)17(13-15)21-25-24-19-9-10-20(26-27(19)21)32-12-11-23-33(28,29)16-6-3-14(22)4-7-16/h3-10,13,23H,11-12H2,1-2H3. The molecule has 33 heavy (non-hydrogen) atoms. The van der Waals surface area contributed by atoms with Crippen molar-refractivity contribution in [2.24, 2.45) is 0 Å². The van der Waals surface area contributed by atoms with Crippen LogP contribution in [0.25, 0.3) is 17.0 Å². The Labute approximate surface area is 204 Å². The van der Waals surface area contributed by atoms with Crippen LogP contribution in [0.1, 0.15) is 0 Å². The Morgan fingerprint density at radius 1 is 1.00 bits per heavy atom. The molecule has 0 fully saturated rings. The van der Waals surface area contributed by atoms with E-state index in [9.17, 15) is 8.42 Å². The summed E-state index contributed by atoms with van der Waals surface area (Å²) in [7, 11) is -0.482. The molecule has 2 aromatic heterocycles. The molecule has 0 spiro atoms. The molecule has 0 radical (unpaired) electrons. The maximum Gasteiger partial charge on any atom is 0.240 e. The number of fused-ring (bicyclic) bond motifs is 1. The lowest BCUT2D eigenvalue weighted by molar-refractivity contribution is 0.306. The third-order valence-corrected chi connectivity index (χ3v) is 6.85. The molecule has 4 rings (SSSR count). The summed E-state index contributed by atoms with van der Waals surface area (Å²) in [5.74, 6) is 1.96. The third kappa shape index (κ3) is 5.17. The van der Waals surface area contributed by atoms with Crippen molar-refractivity contribution in [3.8, 4) is 28.8 Å². The predicted octanol–water partition coefficient (Wildman–Crippen LogP) is 2.77. The summed E-state index contributed by atoms with van der Waals surface area (Å²) in [6.07, 6.45) is 0. The SMILES string of the molecule is COc1ccc(OC)c(-c2nnc3ccc(OCCNS(=O)(=O)c4ccc(I)cc4)nn23)c1. The molecular weight excluding hydrogens is 561 g/mol. The molecule has 12 heteroatoms. The van der Waals surface area contributed by atoms with Gasteiger partial charge in [-0.3, -0.25) is 0 Å². The summed E-state index contributed by atoms with van der Waals surface area (Å²) in [6.45, 7) is 0.162. The van der Waals surface area contributed by atoms with Crippen molar-refractivity contribution in [2.75, 3.05) is 27.4 Å². The molecule has 0 aliphatic heterocycles. The smallest absolute Gasteiger partial charge is 0.240 e. The molecule has 0 bridgehead atoms. The zero-order chi connectivity index (χ0) is 23.4. The van der Waals surface area contributed by atoms with Crippen LogP contribution in [0.3, 0.4) is 0 Å². The van der Waals surface area contributed by atoms with Crippen LogP contribution in [0.15, 0.2) is 59.5 Å². The number of aromatic nitrogens is 4. The van der Waals surface area contributed by atoms with Crippen LogP contribution in [-0.2, 0) is 10.0 Å². The topological polar surface area (TPSA) is 117 Å². The maximum atomic E-state index is 12.4. The van der Waals surface area contributed by atoms with Gasteiger partial charge in [-0.1, -0.05) is 0 Å². The zero-order valence-corrected chi connectivity index (χ0v) is 20.7. The first-order valence-corrected chi connectivity index (χ1v) is 12.3. The highest BCUT2D eigenvalue weighted by molar-refractivity contribution is 14.1. The number of rotatable bonds is 9. The van der Waals surface area contributed by atoms with Gasteiger partial charge in [0.1, 0.15) is 18.1 Å². The minimum Gasteiger partial charge on any atom is -0.497 e. The van der Waals surface area contributed by atoms with Gasteiger partial charge in [0.15, 0.2) is 11.5 Å². The number of benzene rings is 2. The third-order valence-electron chi connectivity index (χ3n) is 4.65. The Kier molecular flexibility index (Phi) is 6.95. The number of halogens is 1. The van der Waals surface area contributed by atoms with E-state index in [-0.39, 0.29) is 18.0 Å². The van der Waals surface area contributed by atoms with Gasteiger partial charge in [-0.05, 0) is 71.1 Å². The second-order valence-electron chi connectivity index (χ2n) is 6.73. The molecule has 10 nitrogen and oxygen atoms in total. The van der Waals surface area contributed by atoms with Crippen molar-refractivity contribution in [1.29, 1.82) is 0 Å². The van der Waals surface area contributed by atoms with Crippen molar-refractivity contribution < 1.29 is 22.6 Å². The first kappa shape index (κ1) is 23.2. The maximum absolute atomic E-state index is 12.4. The highest BCUT2D eigenvalue weighted by Crippen LogP contribution is 2.32. The normalized spacial score (nSPS) is 11.5. The molecule has 0 saturated heterocycles. The molecule has 0 atom stereocenters. The minimum absolute atomic E-state index is 0.0762. The van der Waals surface area contributed by atoms with Crippen LogP contribution in [-0.4, -0.2) is 55.6 Å². The van der Waals surface area contributed by atoms with Crippen molar-refractivity contribution in [2.45, 2.75) is 4.90 Å². The summed E-state index contributed by atoms with van der Waals surface area (Å²) < 4.78 is 46.2. The lowest BCUT2D eigenvalue weighted by Gasteiger charge is -2.10. The molecule has 4 aromatic rings. The second kappa shape index (κ2) is 9.89. The first-order chi connectivity index (χ1) is 15.9. The van der Waals surface area contributed by atoms with Crippen LogP contribution < -0.4 is 18.9 Å². The van der Waals surface area contributed by atoms with Gasteiger partial charge < -0.3 is 14.2 Å².